The molecule has 2 heterocycles. The molecule has 10 atom stereocenters. The Hall–Kier alpha value is -0.970. The molecule has 28 heteroatoms. The fourth-order valence-electron chi connectivity index (χ4n) is 4.10. The van der Waals surface area contributed by atoms with E-state index in [1.54, 1.807) is 0 Å². The van der Waals surface area contributed by atoms with Gasteiger partial charge < -0.3 is 46.8 Å². The van der Waals surface area contributed by atoms with Gasteiger partial charge in [0.25, 0.3) is 0 Å². The minimum Gasteiger partial charge on any atom is -0.726 e. The van der Waals surface area contributed by atoms with E-state index in [1.165, 1.54) is 0 Å². The first-order chi connectivity index (χ1) is 20.9. The Balaban J connectivity index is 2.63. The highest BCUT2D eigenvalue weighted by molar-refractivity contribution is 7.89. The molecule has 5 unspecified atom stereocenters. The average Bonchev–Trinajstić information content (AvgIpc) is 2.93. The third-order valence-corrected chi connectivity index (χ3v) is 7.45. The Morgan fingerprint density at radius 3 is 1.80 bits per heavy atom. The summed E-state index contributed by atoms with van der Waals surface area (Å²) in [4.78, 5) is 16.9. The highest BCUT2D eigenvalue weighted by atomic mass is 32.3. The van der Waals surface area contributed by atoms with Crippen molar-refractivity contribution in [3.8, 4) is 0 Å². The molecule has 0 aromatic heterocycles. The first-order valence-electron chi connectivity index (χ1n) is 11.6. The van der Waals surface area contributed by atoms with E-state index in [4.69, 9.17) is 37.3 Å². The Morgan fingerprint density at radius 2 is 1.31 bits per heavy atom. The van der Waals surface area contributed by atoms with E-state index in [2.05, 4.69) is 26.8 Å². The number of esters is 1. The topological polar surface area (TPSA) is 318 Å². The van der Waals surface area contributed by atoms with Crippen molar-refractivity contribution in [1.82, 2.24) is 0 Å². The van der Waals surface area contributed by atoms with Crippen LogP contribution in [0, 0.1) is 0 Å². The van der Waals surface area contributed by atoms with E-state index in [0.717, 1.165) is 35.5 Å². The molecule has 0 aliphatic carbocycles. The monoisotopic (exact) mass is 743 g/mol. The number of carbonyl (C=O) groups is 1. The normalized spacial score (nSPS) is 33.2. The second-order valence-electron chi connectivity index (χ2n) is 8.29. The lowest BCUT2D eigenvalue weighted by atomic mass is 9.96. The highest BCUT2D eigenvalue weighted by Gasteiger charge is 2.56. The lowest BCUT2D eigenvalue weighted by Gasteiger charge is -2.48. The number of carbonyl (C=O) groups excluding carboxylic acids is 1. The molecule has 0 aromatic carbocycles. The van der Waals surface area contributed by atoms with Crippen molar-refractivity contribution in [2.75, 3.05) is 42.2 Å². The quantitative estimate of drug-likeness (QED) is 0.0248. The molecule has 0 amide bonds. The summed E-state index contributed by atoms with van der Waals surface area (Å²) in [5, 5.41) is 4.18. The molecule has 0 aromatic rings. The first kappa shape index (κ1) is 40.2. The van der Waals surface area contributed by atoms with Crippen LogP contribution in [0.4, 0.5) is 0 Å². The number of hydrogen-bond donors (Lipinski definition) is 0. The standard InChI is InChI=1S/C17H30O24S4/c1-28-9-10(37-42-41-40-32-5)12(15(18)30-3)36-17(13(9)29-2)35-8-7(6-33-43(19,20)21)34-16(31-4)14(39-45(25,26)27)11(8)38-44(22,23)24/h7-14,16-17H,6H2,1-5H3,(H,19,20,21)(H,22,23,24)(H,25,26,27)/p-3/t7?,8-,9?,10+,11?,12?,13-,14?,16+,17-/m1/s1. The summed E-state index contributed by atoms with van der Waals surface area (Å²) >= 11 is 0.136. The second kappa shape index (κ2) is 17.4. The summed E-state index contributed by atoms with van der Waals surface area (Å²) in [6.07, 6.45) is -19.5. The zero-order valence-electron chi connectivity index (χ0n) is 23.4. The molecule has 2 saturated heterocycles. The number of ether oxygens (including phenoxy) is 7. The zero-order valence-corrected chi connectivity index (χ0v) is 26.7. The summed E-state index contributed by atoms with van der Waals surface area (Å²) in [5.41, 5.74) is 0. The van der Waals surface area contributed by atoms with Gasteiger partial charge in [0.15, 0.2) is 37.1 Å². The van der Waals surface area contributed by atoms with Gasteiger partial charge in [-0.05, 0) is 0 Å². The minimum atomic E-state index is -5.84. The van der Waals surface area contributed by atoms with E-state index in [9.17, 15) is 43.7 Å². The van der Waals surface area contributed by atoms with Crippen molar-refractivity contribution in [2.45, 2.75) is 61.4 Å². The Labute approximate surface area is 260 Å². The predicted octanol–water partition coefficient (Wildman–Crippen LogP) is -3.70. The molecule has 24 nitrogen and oxygen atoms in total. The van der Waals surface area contributed by atoms with Gasteiger partial charge in [-0.1, -0.05) is 5.04 Å². The van der Waals surface area contributed by atoms with Crippen molar-refractivity contribution in [1.29, 1.82) is 0 Å². The van der Waals surface area contributed by atoms with Gasteiger partial charge >= 0.3 is 5.97 Å². The third-order valence-electron chi connectivity index (χ3n) is 5.70. The molecule has 0 spiro atoms. The Bertz CT molecular complexity index is 1260. The summed E-state index contributed by atoms with van der Waals surface area (Å²) in [6.45, 7) is -1.32. The fourth-order valence-corrected chi connectivity index (χ4v) is 5.78. The maximum Gasteiger partial charge on any atom is 0.338 e. The van der Waals surface area contributed by atoms with Gasteiger partial charge in [0.1, 0.15) is 36.6 Å². The molecular weight excluding hydrogens is 716 g/mol. The number of methoxy groups -OCH3 is 4. The average molecular weight is 744 g/mol. The number of hydrogen-bond acceptors (Lipinski definition) is 25. The molecule has 2 aliphatic heterocycles. The highest BCUT2D eigenvalue weighted by Crippen LogP contribution is 2.36. The van der Waals surface area contributed by atoms with Gasteiger partial charge in [0.2, 0.25) is 31.2 Å². The molecule has 266 valence electrons. The van der Waals surface area contributed by atoms with Crippen LogP contribution in [0.1, 0.15) is 0 Å². The smallest absolute Gasteiger partial charge is 0.338 e. The Kier molecular flexibility index (Phi) is 15.6. The van der Waals surface area contributed by atoms with Crippen LogP contribution in [-0.4, -0.2) is 148 Å². The van der Waals surface area contributed by atoms with Gasteiger partial charge in [0.05, 0.1) is 20.8 Å². The van der Waals surface area contributed by atoms with Gasteiger partial charge in [-0.15, -0.1) is 4.33 Å². The van der Waals surface area contributed by atoms with E-state index in [-0.39, 0.29) is 12.3 Å². The van der Waals surface area contributed by atoms with Gasteiger partial charge in [0, 0.05) is 21.3 Å². The summed E-state index contributed by atoms with van der Waals surface area (Å²) in [5.74, 6) is -1.14. The van der Waals surface area contributed by atoms with Crippen LogP contribution < -0.4 is 0 Å². The van der Waals surface area contributed by atoms with Crippen molar-refractivity contribution >= 4 is 49.5 Å². The first-order valence-corrected chi connectivity index (χ1v) is 16.3. The maximum absolute atomic E-state index is 12.7. The van der Waals surface area contributed by atoms with Crippen LogP contribution in [0.5, 0.6) is 0 Å². The van der Waals surface area contributed by atoms with Gasteiger partial charge in [-0.3, -0.25) is 16.7 Å². The summed E-state index contributed by atoms with van der Waals surface area (Å²) < 4.78 is 163. The Morgan fingerprint density at radius 1 is 0.711 bits per heavy atom. The maximum atomic E-state index is 12.7. The van der Waals surface area contributed by atoms with Crippen molar-refractivity contribution in [3.63, 3.8) is 0 Å². The molecular formula is C17H27O24S4-3. The SMILES string of the molecule is COOOSO[C@@H]1C(C(=O)OC)O[C@@H](O[C@@H]2C(COS(=O)(=O)[O-])O[C@H](OC)C(OS(=O)(=O)[O-])C2OS(=O)(=O)[O-])[C@H](OC)C1OC. The van der Waals surface area contributed by atoms with E-state index >= 15 is 0 Å². The van der Waals surface area contributed by atoms with Crippen molar-refractivity contribution in [3.05, 3.63) is 0 Å². The van der Waals surface area contributed by atoms with Crippen LogP contribution in [-0.2, 0) is 100 Å². The van der Waals surface area contributed by atoms with E-state index in [1.807, 2.05) is 0 Å². The van der Waals surface area contributed by atoms with Crippen LogP contribution in [0.15, 0.2) is 0 Å². The van der Waals surface area contributed by atoms with Crippen LogP contribution in [0.3, 0.4) is 0 Å². The third kappa shape index (κ3) is 12.2. The van der Waals surface area contributed by atoms with Gasteiger partial charge in [-0.25, -0.2) is 34.9 Å². The summed E-state index contributed by atoms with van der Waals surface area (Å²) in [6, 6.07) is 0. The molecule has 0 bridgehead atoms. The zero-order chi connectivity index (χ0) is 34.2. The van der Waals surface area contributed by atoms with Crippen LogP contribution in [0.25, 0.3) is 0 Å². The van der Waals surface area contributed by atoms with E-state index < -0.39 is 105 Å². The largest absolute Gasteiger partial charge is 0.726 e. The van der Waals surface area contributed by atoms with Crippen LogP contribution in [0.2, 0.25) is 0 Å². The molecule has 0 N–H and O–H groups in total. The molecule has 2 fully saturated rings. The van der Waals surface area contributed by atoms with E-state index in [0.29, 0.717) is 0 Å². The van der Waals surface area contributed by atoms with Crippen molar-refractivity contribution < 1.29 is 108 Å². The summed E-state index contributed by atoms with van der Waals surface area (Å²) in [7, 11) is -12.0. The lowest BCUT2D eigenvalue weighted by molar-refractivity contribution is -0.450. The molecule has 0 saturated carbocycles. The number of rotatable bonds is 18. The van der Waals surface area contributed by atoms with Gasteiger partial charge in [-0.2, -0.15) is 0 Å². The molecule has 2 rings (SSSR count). The molecule has 0 radical (unpaired) electrons. The molecule has 45 heavy (non-hydrogen) atoms. The lowest BCUT2D eigenvalue weighted by Crippen LogP contribution is -2.67. The fraction of sp³-hybridized carbons (Fsp3) is 0.941. The predicted molar refractivity (Wildman–Crippen MR) is 129 cm³/mol. The minimum absolute atomic E-state index is 0.136. The van der Waals surface area contributed by atoms with Crippen molar-refractivity contribution in [2.24, 2.45) is 0 Å². The van der Waals surface area contributed by atoms with Crippen LogP contribution >= 0.6 is 12.3 Å². The molecule has 2 aliphatic rings. The second-order valence-corrected chi connectivity index (χ2v) is 11.8.